The average molecular weight is 461 g/mol. The lowest BCUT2D eigenvalue weighted by Gasteiger charge is -2.16. The van der Waals surface area contributed by atoms with E-state index >= 15 is 0 Å². The van der Waals surface area contributed by atoms with Gasteiger partial charge in [-0.25, -0.2) is 4.39 Å². The molecule has 2 N–H and O–H groups in total. The third-order valence-electron chi connectivity index (χ3n) is 5.51. The first kappa shape index (κ1) is 22.1. The molecule has 166 valence electrons. The van der Waals surface area contributed by atoms with Crippen molar-refractivity contribution >= 4 is 10.8 Å². The molecule has 6 nitrogen and oxygen atoms in total. The van der Waals surface area contributed by atoms with Crippen LogP contribution in [0.15, 0.2) is 35.2 Å². The zero-order valence-electron chi connectivity index (χ0n) is 16.6. The highest BCUT2D eigenvalue weighted by molar-refractivity contribution is 7.85. The molecule has 0 unspecified atom stereocenters. The number of benzene rings is 2. The van der Waals surface area contributed by atoms with E-state index in [2.05, 4.69) is 5.32 Å². The number of rotatable bonds is 7. The second-order valence-electron chi connectivity index (χ2n) is 7.70. The Kier molecular flexibility index (Phi) is 5.85. The van der Waals surface area contributed by atoms with E-state index in [1.807, 2.05) is 6.07 Å². The Morgan fingerprint density at radius 3 is 2.62 bits per heavy atom. The van der Waals surface area contributed by atoms with Crippen LogP contribution in [0.2, 0.25) is 0 Å². The fourth-order valence-electron chi connectivity index (χ4n) is 3.79. The Balaban J connectivity index is 1.75. The van der Waals surface area contributed by atoms with Gasteiger partial charge < -0.3 is 15.2 Å². The van der Waals surface area contributed by atoms with Crippen molar-refractivity contribution in [1.29, 1.82) is 10.5 Å². The van der Waals surface area contributed by atoms with Crippen molar-refractivity contribution in [3.63, 3.8) is 0 Å². The summed E-state index contributed by atoms with van der Waals surface area (Å²) in [6.45, 7) is 0.0204. The van der Waals surface area contributed by atoms with Gasteiger partial charge >= 0.3 is 5.92 Å². The lowest BCUT2D eigenvalue weighted by atomic mass is 10.1. The van der Waals surface area contributed by atoms with Crippen molar-refractivity contribution in [2.24, 2.45) is 0 Å². The molecule has 10 heteroatoms. The van der Waals surface area contributed by atoms with Crippen LogP contribution in [0.5, 0.6) is 11.5 Å². The van der Waals surface area contributed by atoms with Crippen molar-refractivity contribution in [3.05, 3.63) is 52.6 Å². The molecule has 0 saturated heterocycles. The van der Waals surface area contributed by atoms with Crippen LogP contribution in [0.4, 0.5) is 13.2 Å². The van der Waals surface area contributed by atoms with Crippen LogP contribution in [0, 0.1) is 22.8 Å². The normalized spacial score (nSPS) is 21.8. The molecule has 2 aromatic rings. The van der Waals surface area contributed by atoms with Crippen molar-refractivity contribution < 1.29 is 27.2 Å². The van der Waals surface area contributed by atoms with Crippen LogP contribution >= 0.6 is 0 Å². The molecule has 0 aromatic heterocycles. The fraction of sp³-hybridized carbons (Fsp3) is 0.364. The molecule has 2 aliphatic rings. The van der Waals surface area contributed by atoms with Gasteiger partial charge in [-0.3, -0.25) is 4.21 Å². The maximum absolute atomic E-state index is 14.8. The molecule has 0 spiro atoms. The van der Waals surface area contributed by atoms with Crippen LogP contribution in [0.1, 0.15) is 53.3 Å². The number of hydrogen-bond acceptors (Lipinski definition) is 6. The summed E-state index contributed by atoms with van der Waals surface area (Å²) in [7, 11) is -1.87. The van der Waals surface area contributed by atoms with E-state index in [1.165, 1.54) is 18.2 Å². The van der Waals surface area contributed by atoms with Crippen molar-refractivity contribution in [2.75, 3.05) is 12.3 Å². The summed E-state index contributed by atoms with van der Waals surface area (Å²) in [5.74, 6) is -3.97. The third kappa shape index (κ3) is 3.92. The topological polar surface area (TPSA) is 106 Å². The Labute approximate surface area is 184 Å². The molecular weight excluding hydrogens is 443 g/mol. The molecule has 0 amide bonds. The molecule has 4 rings (SSSR count). The molecule has 3 atom stereocenters. The van der Waals surface area contributed by atoms with Crippen molar-refractivity contribution in [3.8, 4) is 23.8 Å². The quantitative estimate of drug-likeness (QED) is 0.365. The second-order valence-corrected chi connectivity index (χ2v) is 9.24. The number of aliphatic hydroxyl groups is 1. The lowest BCUT2D eigenvalue weighted by molar-refractivity contribution is -0.143. The fourth-order valence-corrected chi connectivity index (χ4v) is 4.98. The zero-order valence-corrected chi connectivity index (χ0v) is 17.5. The zero-order chi connectivity index (χ0) is 23.0. The van der Waals surface area contributed by atoms with Crippen LogP contribution < -0.4 is 10.1 Å². The molecule has 1 fully saturated rings. The van der Waals surface area contributed by atoms with E-state index in [4.69, 9.17) is 10.00 Å². The minimum absolute atomic E-state index is 0.0204. The summed E-state index contributed by atoms with van der Waals surface area (Å²) < 4.78 is 62.0. The van der Waals surface area contributed by atoms with Crippen molar-refractivity contribution in [1.82, 2.24) is 5.32 Å². The van der Waals surface area contributed by atoms with E-state index in [9.17, 15) is 27.7 Å². The standard InChI is InChI=1S/C22H18F3N3O3S/c23-20-18-16(31-15-8-12(10-26)7-14(9-15)13-1-2-13)3-4-17(32(30)6-5-28-11-27)19(18)21(29)22(20,24)25/h3-4,7-9,13,20-21,28-29H,1-2,5-6H2/t20-,21+,32-/m1/s1. The summed E-state index contributed by atoms with van der Waals surface area (Å²) in [6.07, 6.45) is -1.76. The Hall–Kier alpha value is -3.08. The third-order valence-corrected chi connectivity index (χ3v) is 6.93. The summed E-state index contributed by atoms with van der Waals surface area (Å²) in [4.78, 5) is -0.135. The minimum atomic E-state index is -4.13. The van der Waals surface area contributed by atoms with Crippen LogP contribution in [0.25, 0.3) is 0 Å². The van der Waals surface area contributed by atoms with Crippen LogP contribution in [0.3, 0.4) is 0 Å². The highest BCUT2D eigenvalue weighted by Crippen LogP contribution is 2.57. The Morgan fingerprint density at radius 1 is 1.22 bits per heavy atom. The monoisotopic (exact) mass is 461 g/mol. The lowest BCUT2D eigenvalue weighted by Crippen LogP contribution is -2.24. The van der Waals surface area contributed by atoms with E-state index in [-0.39, 0.29) is 28.7 Å². The van der Waals surface area contributed by atoms with E-state index in [1.54, 1.807) is 18.3 Å². The second kappa shape index (κ2) is 8.45. The highest BCUT2D eigenvalue weighted by Gasteiger charge is 2.58. The smallest absolute Gasteiger partial charge is 0.312 e. The number of halogens is 3. The van der Waals surface area contributed by atoms with Gasteiger partial charge in [0.05, 0.1) is 22.4 Å². The summed E-state index contributed by atoms with van der Waals surface area (Å²) in [5.41, 5.74) is 0.178. The van der Waals surface area contributed by atoms with E-state index < -0.39 is 40.1 Å². The first-order chi connectivity index (χ1) is 15.3. The number of alkyl halides is 3. The van der Waals surface area contributed by atoms with Gasteiger partial charge in [-0.2, -0.15) is 19.3 Å². The molecule has 0 bridgehead atoms. The van der Waals surface area contributed by atoms with Gasteiger partial charge in [-0.1, -0.05) is 0 Å². The van der Waals surface area contributed by atoms with Gasteiger partial charge in [0, 0.05) is 28.3 Å². The summed E-state index contributed by atoms with van der Waals surface area (Å²) >= 11 is 0. The number of nitrogens with one attached hydrogen (secondary N) is 1. The van der Waals surface area contributed by atoms with Crippen LogP contribution in [-0.4, -0.2) is 27.5 Å². The predicted molar refractivity (Wildman–Crippen MR) is 108 cm³/mol. The molecule has 2 aromatic carbocycles. The predicted octanol–water partition coefficient (Wildman–Crippen LogP) is 4.10. The molecule has 0 aliphatic heterocycles. The number of nitriles is 2. The molecule has 32 heavy (non-hydrogen) atoms. The number of aliphatic hydroxyl groups excluding tert-OH is 1. The molecule has 0 radical (unpaired) electrons. The number of fused-ring (bicyclic) bond motifs is 1. The highest BCUT2D eigenvalue weighted by atomic mass is 32.2. The molecular formula is C22H18F3N3O3S. The first-order valence-corrected chi connectivity index (χ1v) is 11.2. The number of ether oxygens (including phenoxy) is 1. The maximum Gasteiger partial charge on any atom is 0.312 e. The van der Waals surface area contributed by atoms with Crippen LogP contribution in [-0.2, 0) is 10.8 Å². The maximum atomic E-state index is 14.8. The largest absolute Gasteiger partial charge is 0.457 e. The van der Waals surface area contributed by atoms with E-state index in [0.717, 1.165) is 18.4 Å². The average Bonchev–Trinajstić information content (AvgIpc) is 3.60. The Bertz CT molecular complexity index is 1170. The molecule has 2 aliphatic carbocycles. The van der Waals surface area contributed by atoms with Gasteiger partial charge in [0.15, 0.2) is 12.4 Å². The summed E-state index contributed by atoms with van der Waals surface area (Å²) in [5, 5.41) is 30.3. The van der Waals surface area contributed by atoms with Gasteiger partial charge in [0.25, 0.3) is 0 Å². The van der Waals surface area contributed by atoms with Gasteiger partial charge in [-0.15, -0.1) is 0 Å². The van der Waals surface area contributed by atoms with Gasteiger partial charge in [0.1, 0.15) is 17.6 Å². The van der Waals surface area contributed by atoms with E-state index in [0.29, 0.717) is 11.5 Å². The van der Waals surface area contributed by atoms with Gasteiger partial charge in [-0.05, 0) is 54.7 Å². The summed E-state index contributed by atoms with van der Waals surface area (Å²) in [6, 6.07) is 9.35. The van der Waals surface area contributed by atoms with Crippen molar-refractivity contribution in [2.45, 2.75) is 41.9 Å². The molecule has 1 saturated carbocycles. The molecule has 0 heterocycles. The number of nitrogens with zero attached hydrogens (tertiary/aromatic N) is 2. The SMILES string of the molecule is N#CNCC[S@@](=O)c1ccc(Oc2cc(C#N)cc(C3CC3)c2)c2c1[C@H](O)C(F)(F)[C@@H]2F. The minimum Gasteiger partial charge on any atom is -0.457 e. The van der Waals surface area contributed by atoms with Gasteiger partial charge in [0.2, 0.25) is 0 Å². The first-order valence-electron chi connectivity index (χ1n) is 9.88. The number of hydrogen-bond donors (Lipinski definition) is 2. The Morgan fingerprint density at radius 2 is 1.97 bits per heavy atom.